The molecule has 0 saturated heterocycles. The van der Waals surface area contributed by atoms with E-state index in [2.05, 4.69) is 60.1 Å². The summed E-state index contributed by atoms with van der Waals surface area (Å²) in [5.41, 5.74) is 7.63. The van der Waals surface area contributed by atoms with Gasteiger partial charge in [0.05, 0.1) is 0 Å². The molecule has 3 N–H and O–H groups in total. The lowest BCUT2D eigenvalue weighted by atomic mass is 9.81. The molecule has 5 heteroatoms. The van der Waals surface area contributed by atoms with Crippen LogP contribution in [0.25, 0.3) is 11.1 Å². The van der Waals surface area contributed by atoms with Crippen LogP contribution < -0.4 is 16.0 Å². The van der Waals surface area contributed by atoms with Gasteiger partial charge in [0.15, 0.2) is 10.9 Å². The largest absolute Gasteiger partial charge is 0.383 e. The Bertz CT molecular complexity index is 1140. The quantitative estimate of drug-likeness (QED) is 0.271. The third kappa shape index (κ3) is 4.32. The van der Waals surface area contributed by atoms with Crippen molar-refractivity contribution in [3.8, 4) is 11.1 Å². The summed E-state index contributed by atoms with van der Waals surface area (Å²) in [5, 5.41) is 10.5. The highest BCUT2D eigenvalue weighted by atomic mass is 32.1. The van der Waals surface area contributed by atoms with E-state index in [1.807, 2.05) is 36.4 Å². The van der Waals surface area contributed by atoms with Crippen molar-refractivity contribution in [1.82, 2.24) is 5.32 Å². The zero-order valence-corrected chi connectivity index (χ0v) is 18.9. The zero-order valence-electron chi connectivity index (χ0n) is 18.1. The third-order valence-electron chi connectivity index (χ3n) is 5.85. The smallest absolute Gasteiger partial charge is 0.170 e. The maximum atomic E-state index is 11.9. The van der Waals surface area contributed by atoms with Gasteiger partial charge in [-0.25, -0.2) is 0 Å². The maximum absolute atomic E-state index is 11.9. The molecule has 0 atom stereocenters. The Morgan fingerprint density at radius 2 is 1.55 bits per heavy atom. The van der Waals surface area contributed by atoms with Gasteiger partial charge in [-0.2, -0.15) is 0 Å². The van der Waals surface area contributed by atoms with Gasteiger partial charge in [0.1, 0.15) is 0 Å². The molecule has 1 aliphatic carbocycles. The fourth-order valence-corrected chi connectivity index (χ4v) is 4.37. The first-order valence-corrected chi connectivity index (χ1v) is 10.9. The van der Waals surface area contributed by atoms with Crippen molar-refractivity contribution in [3.05, 3.63) is 83.4 Å². The minimum atomic E-state index is -0.146. The van der Waals surface area contributed by atoms with Gasteiger partial charge in [-0.15, -0.1) is 0 Å². The van der Waals surface area contributed by atoms with Crippen LogP contribution in [0, 0.1) is 0 Å². The van der Waals surface area contributed by atoms with Crippen molar-refractivity contribution in [2.45, 2.75) is 26.2 Å². The van der Waals surface area contributed by atoms with Gasteiger partial charge >= 0.3 is 0 Å². The molecule has 0 fully saturated rings. The number of anilines is 2. The summed E-state index contributed by atoms with van der Waals surface area (Å²) < 4.78 is 0. The minimum absolute atomic E-state index is 0.101. The van der Waals surface area contributed by atoms with Crippen LogP contribution >= 0.6 is 12.2 Å². The molecular weight excluding hydrogens is 402 g/mol. The molecule has 0 bridgehead atoms. The standard InChI is InChI=1S/C26H27N3OS/c1-17(30)18-9-11-21-22-12-10-20(16-24(22)26(2,3)23(21)15-18)27-13-14-28-25(31)29-19-7-5-4-6-8-19/h4-12,15-16,27H,13-14H2,1-3H3,(H2,28,29,31). The van der Waals surface area contributed by atoms with Crippen LogP contribution in [0.3, 0.4) is 0 Å². The molecule has 0 unspecified atom stereocenters. The highest BCUT2D eigenvalue weighted by molar-refractivity contribution is 7.80. The van der Waals surface area contributed by atoms with Crippen molar-refractivity contribution < 1.29 is 4.79 Å². The van der Waals surface area contributed by atoms with E-state index in [9.17, 15) is 4.79 Å². The van der Waals surface area contributed by atoms with Crippen LogP contribution in [0.5, 0.6) is 0 Å². The molecule has 3 aromatic rings. The molecule has 0 saturated carbocycles. The highest BCUT2D eigenvalue weighted by Crippen LogP contribution is 2.49. The van der Waals surface area contributed by atoms with E-state index in [-0.39, 0.29) is 11.2 Å². The van der Waals surface area contributed by atoms with E-state index in [4.69, 9.17) is 12.2 Å². The molecule has 4 nitrogen and oxygen atoms in total. The average molecular weight is 430 g/mol. The van der Waals surface area contributed by atoms with Gasteiger partial charge in [-0.1, -0.05) is 50.2 Å². The molecule has 0 aromatic heterocycles. The predicted molar refractivity (Wildman–Crippen MR) is 133 cm³/mol. The number of fused-ring (bicyclic) bond motifs is 3. The number of ketones is 1. The Hall–Kier alpha value is -3.18. The van der Waals surface area contributed by atoms with Crippen molar-refractivity contribution in [2.24, 2.45) is 0 Å². The lowest BCUT2D eigenvalue weighted by molar-refractivity contribution is 0.101. The first-order chi connectivity index (χ1) is 14.9. The molecule has 0 aliphatic heterocycles. The Labute approximate surface area is 189 Å². The van der Waals surface area contributed by atoms with E-state index in [0.717, 1.165) is 23.5 Å². The van der Waals surface area contributed by atoms with Crippen molar-refractivity contribution in [2.75, 3.05) is 23.7 Å². The Morgan fingerprint density at radius 3 is 2.26 bits per heavy atom. The van der Waals surface area contributed by atoms with Crippen LogP contribution in [0.15, 0.2) is 66.7 Å². The summed E-state index contributed by atoms with van der Waals surface area (Å²) in [6.07, 6.45) is 0. The van der Waals surface area contributed by atoms with Gasteiger partial charge in [0, 0.05) is 35.4 Å². The number of thiocarbonyl (C=S) groups is 1. The summed E-state index contributed by atoms with van der Waals surface area (Å²) in [5.74, 6) is 0.101. The van der Waals surface area contributed by atoms with E-state index in [1.54, 1.807) is 6.92 Å². The molecule has 4 rings (SSSR count). The van der Waals surface area contributed by atoms with Crippen molar-refractivity contribution >= 4 is 34.5 Å². The maximum Gasteiger partial charge on any atom is 0.170 e. The molecule has 3 aromatic carbocycles. The highest BCUT2D eigenvalue weighted by Gasteiger charge is 2.35. The average Bonchev–Trinajstić information content (AvgIpc) is 2.98. The van der Waals surface area contributed by atoms with Gasteiger partial charge in [0.25, 0.3) is 0 Å². The van der Waals surface area contributed by atoms with Crippen LogP contribution in [-0.2, 0) is 5.41 Å². The molecule has 0 spiro atoms. The molecule has 0 radical (unpaired) electrons. The monoisotopic (exact) mass is 429 g/mol. The fraction of sp³-hybridized carbons (Fsp3) is 0.231. The number of hydrogen-bond acceptors (Lipinski definition) is 3. The van der Waals surface area contributed by atoms with Crippen LogP contribution in [0.2, 0.25) is 0 Å². The van der Waals surface area contributed by atoms with Gasteiger partial charge in [-0.3, -0.25) is 4.79 Å². The number of nitrogens with one attached hydrogen (secondary N) is 3. The normalized spacial score (nSPS) is 13.1. The summed E-state index contributed by atoms with van der Waals surface area (Å²) in [4.78, 5) is 11.9. The number of carbonyl (C=O) groups is 1. The first-order valence-electron chi connectivity index (χ1n) is 10.5. The first kappa shape index (κ1) is 21.1. The molecular formula is C26H27N3OS. The second kappa shape index (κ2) is 8.52. The lowest BCUT2D eigenvalue weighted by Gasteiger charge is -2.22. The molecule has 0 amide bonds. The number of carbonyl (C=O) groups excluding carboxylic acids is 1. The second-order valence-corrected chi connectivity index (χ2v) is 8.78. The SMILES string of the molecule is CC(=O)c1ccc2c(c1)C(C)(C)c1cc(NCCNC(=S)Nc3ccccc3)ccc1-2. The van der Waals surface area contributed by atoms with Crippen LogP contribution in [0.4, 0.5) is 11.4 Å². The number of rotatable bonds is 6. The number of para-hydroxylation sites is 1. The summed E-state index contributed by atoms with van der Waals surface area (Å²) >= 11 is 5.36. The number of Topliss-reactive ketones (excluding diaryl/α,β-unsaturated/α-hetero) is 1. The number of hydrogen-bond donors (Lipinski definition) is 3. The second-order valence-electron chi connectivity index (χ2n) is 8.38. The van der Waals surface area contributed by atoms with Crippen molar-refractivity contribution in [3.63, 3.8) is 0 Å². The molecule has 158 valence electrons. The summed E-state index contributed by atoms with van der Waals surface area (Å²) in [7, 11) is 0. The van der Waals surface area contributed by atoms with E-state index < -0.39 is 0 Å². The van der Waals surface area contributed by atoms with E-state index in [1.165, 1.54) is 22.3 Å². The fourth-order valence-electron chi connectivity index (χ4n) is 4.15. The zero-order chi connectivity index (χ0) is 22.0. The topological polar surface area (TPSA) is 53.2 Å². The molecule has 0 heterocycles. The van der Waals surface area contributed by atoms with Crippen molar-refractivity contribution in [1.29, 1.82) is 0 Å². The van der Waals surface area contributed by atoms with Crippen LogP contribution in [-0.4, -0.2) is 24.0 Å². The summed E-state index contributed by atoms with van der Waals surface area (Å²) in [6.45, 7) is 7.52. The summed E-state index contributed by atoms with van der Waals surface area (Å²) in [6, 6.07) is 22.5. The lowest BCUT2D eigenvalue weighted by Crippen LogP contribution is -2.32. The van der Waals surface area contributed by atoms with E-state index in [0.29, 0.717) is 11.7 Å². The van der Waals surface area contributed by atoms with E-state index >= 15 is 0 Å². The van der Waals surface area contributed by atoms with Crippen LogP contribution in [0.1, 0.15) is 42.3 Å². The predicted octanol–water partition coefficient (Wildman–Crippen LogP) is 5.59. The number of benzene rings is 3. The van der Waals surface area contributed by atoms with Gasteiger partial charge < -0.3 is 16.0 Å². The molecule has 31 heavy (non-hydrogen) atoms. The van der Waals surface area contributed by atoms with Gasteiger partial charge in [0.2, 0.25) is 0 Å². The van der Waals surface area contributed by atoms with Gasteiger partial charge in [-0.05, 0) is 71.7 Å². The Morgan fingerprint density at radius 1 is 0.871 bits per heavy atom. The molecule has 1 aliphatic rings. The third-order valence-corrected chi connectivity index (χ3v) is 6.10. The Kier molecular flexibility index (Phi) is 5.79. The minimum Gasteiger partial charge on any atom is -0.383 e. The Balaban J connectivity index is 1.39.